The van der Waals surface area contributed by atoms with E-state index >= 15 is 0 Å². The van der Waals surface area contributed by atoms with Gasteiger partial charge in [0.15, 0.2) is 0 Å². The summed E-state index contributed by atoms with van der Waals surface area (Å²) in [5.41, 5.74) is 2.62. The highest BCUT2D eigenvalue weighted by atomic mass is 32.2. The van der Waals surface area contributed by atoms with Gasteiger partial charge in [-0.05, 0) is 50.2 Å². The summed E-state index contributed by atoms with van der Waals surface area (Å²) in [7, 11) is 4.17. The second kappa shape index (κ2) is 9.33. The maximum atomic E-state index is 12.6. The highest BCUT2D eigenvalue weighted by Gasteiger charge is 2.27. The summed E-state index contributed by atoms with van der Waals surface area (Å²) in [6, 6.07) is 9.13. The lowest BCUT2D eigenvalue weighted by Crippen LogP contribution is -2.38. The first kappa shape index (κ1) is 18.3. The standard InChI is InChI=1S/C19H30N2OS/c1-4-23-14-12-19(22)21-13-6-5-7-18(21)17-10-8-16(9-11-17)15-20(2)3/h8-11,18H,4-7,12-15H2,1-3H3. The first-order chi connectivity index (χ1) is 11.1. The van der Waals surface area contributed by atoms with Crippen LogP contribution in [0.1, 0.15) is 49.8 Å². The van der Waals surface area contributed by atoms with E-state index in [1.165, 1.54) is 17.5 Å². The lowest BCUT2D eigenvalue weighted by atomic mass is 9.94. The zero-order valence-electron chi connectivity index (χ0n) is 14.8. The second-order valence-corrected chi connectivity index (χ2v) is 7.92. The number of benzene rings is 1. The molecule has 0 spiro atoms. The number of amides is 1. The number of likely N-dealkylation sites (tertiary alicyclic amines) is 1. The molecule has 1 heterocycles. The molecule has 1 amide bonds. The molecule has 3 nitrogen and oxygen atoms in total. The van der Waals surface area contributed by atoms with E-state index in [1.54, 1.807) is 0 Å². The molecule has 1 unspecified atom stereocenters. The largest absolute Gasteiger partial charge is 0.336 e. The number of hydrogen-bond acceptors (Lipinski definition) is 3. The summed E-state index contributed by atoms with van der Waals surface area (Å²) < 4.78 is 0. The van der Waals surface area contributed by atoms with Crippen LogP contribution in [-0.2, 0) is 11.3 Å². The van der Waals surface area contributed by atoms with Crippen molar-refractivity contribution in [2.75, 3.05) is 32.1 Å². The van der Waals surface area contributed by atoms with Gasteiger partial charge in [-0.2, -0.15) is 11.8 Å². The molecule has 1 aliphatic rings. The lowest BCUT2D eigenvalue weighted by Gasteiger charge is -2.36. The van der Waals surface area contributed by atoms with Gasteiger partial charge in [0.25, 0.3) is 0 Å². The van der Waals surface area contributed by atoms with Crippen LogP contribution in [-0.4, -0.2) is 47.9 Å². The molecule has 23 heavy (non-hydrogen) atoms. The highest BCUT2D eigenvalue weighted by molar-refractivity contribution is 7.99. The van der Waals surface area contributed by atoms with Crippen molar-refractivity contribution >= 4 is 17.7 Å². The molecule has 0 saturated carbocycles. The molecular formula is C19H30N2OS. The van der Waals surface area contributed by atoms with Crippen LogP contribution in [0.3, 0.4) is 0 Å². The molecule has 0 aliphatic carbocycles. The maximum Gasteiger partial charge on any atom is 0.223 e. The van der Waals surface area contributed by atoms with Gasteiger partial charge in [0.05, 0.1) is 6.04 Å². The number of thioether (sulfide) groups is 1. The van der Waals surface area contributed by atoms with E-state index in [0.29, 0.717) is 12.3 Å². The number of carbonyl (C=O) groups is 1. The van der Waals surface area contributed by atoms with Gasteiger partial charge in [0.1, 0.15) is 0 Å². The van der Waals surface area contributed by atoms with Crippen molar-refractivity contribution in [3.63, 3.8) is 0 Å². The van der Waals surface area contributed by atoms with Crippen molar-refractivity contribution in [1.29, 1.82) is 0 Å². The fourth-order valence-corrected chi connectivity index (χ4v) is 3.84. The normalized spacial score (nSPS) is 18.4. The van der Waals surface area contributed by atoms with Gasteiger partial charge in [-0.25, -0.2) is 0 Å². The minimum atomic E-state index is 0.274. The minimum Gasteiger partial charge on any atom is -0.336 e. The van der Waals surface area contributed by atoms with E-state index in [0.717, 1.165) is 37.4 Å². The van der Waals surface area contributed by atoms with E-state index in [4.69, 9.17) is 0 Å². The zero-order chi connectivity index (χ0) is 16.7. The fraction of sp³-hybridized carbons (Fsp3) is 0.632. The molecule has 0 N–H and O–H groups in total. The van der Waals surface area contributed by atoms with Crippen molar-refractivity contribution in [2.45, 2.75) is 45.2 Å². The predicted molar refractivity (Wildman–Crippen MR) is 99.8 cm³/mol. The van der Waals surface area contributed by atoms with E-state index in [1.807, 2.05) is 11.8 Å². The maximum absolute atomic E-state index is 12.6. The van der Waals surface area contributed by atoms with Crippen LogP contribution in [0.4, 0.5) is 0 Å². The van der Waals surface area contributed by atoms with Gasteiger partial charge in [-0.1, -0.05) is 31.2 Å². The predicted octanol–water partition coefficient (Wildman–Crippen LogP) is 3.95. The van der Waals surface area contributed by atoms with E-state index < -0.39 is 0 Å². The van der Waals surface area contributed by atoms with Crippen LogP contribution in [0.2, 0.25) is 0 Å². The van der Waals surface area contributed by atoms with Crippen LogP contribution in [0.5, 0.6) is 0 Å². The summed E-state index contributed by atoms with van der Waals surface area (Å²) >= 11 is 1.85. The summed E-state index contributed by atoms with van der Waals surface area (Å²) in [6.07, 6.45) is 4.13. The molecule has 1 saturated heterocycles. The zero-order valence-corrected chi connectivity index (χ0v) is 15.6. The van der Waals surface area contributed by atoms with Gasteiger partial charge < -0.3 is 9.80 Å². The summed E-state index contributed by atoms with van der Waals surface area (Å²) in [5, 5.41) is 0. The number of piperidine rings is 1. The molecule has 1 atom stereocenters. The van der Waals surface area contributed by atoms with Gasteiger partial charge in [0, 0.05) is 25.3 Å². The smallest absolute Gasteiger partial charge is 0.223 e. The van der Waals surface area contributed by atoms with Gasteiger partial charge >= 0.3 is 0 Å². The first-order valence-electron chi connectivity index (χ1n) is 8.72. The van der Waals surface area contributed by atoms with Crippen molar-refractivity contribution in [3.8, 4) is 0 Å². The van der Waals surface area contributed by atoms with E-state index in [-0.39, 0.29) is 6.04 Å². The van der Waals surface area contributed by atoms with Crippen LogP contribution in [0.25, 0.3) is 0 Å². The molecule has 1 aliphatic heterocycles. The highest BCUT2D eigenvalue weighted by Crippen LogP contribution is 2.31. The van der Waals surface area contributed by atoms with Gasteiger partial charge in [-0.3, -0.25) is 4.79 Å². The lowest BCUT2D eigenvalue weighted by molar-refractivity contribution is -0.134. The Hall–Kier alpha value is -1.00. The number of carbonyl (C=O) groups excluding carboxylic acids is 1. The molecular weight excluding hydrogens is 304 g/mol. The van der Waals surface area contributed by atoms with Crippen molar-refractivity contribution in [2.24, 2.45) is 0 Å². The number of hydrogen-bond donors (Lipinski definition) is 0. The third-order valence-electron chi connectivity index (χ3n) is 4.35. The van der Waals surface area contributed by atoms with Crippen LogP contribution in [0, 0.1) is 0 Å². The van der Waals surface area contributed by atoms with Crippen molar-refractivity contribution in [1.82, 2.24) is 9.80 Å². The first-order valence-corrected chi connectivity index (χ1v) is 9.88. The van der Waals surface area contributed by atoms with Gasteiger partial charge in [0.2, 0.25) is 5.91 Å². The summed E-state index contributed by atoms with van der Waals surface area (Å²) in [4.78, 5) is 16.9. The number of rotatable bonds is 7. The van der Waals surface area contributed by atoms with Crippen molar-refractivity contribution in [3.05, 3.63) is 35.4 Å². The summed E-state index contributed by atoms with van der Waals surface area (Å²) in [5.74, 6) is 2.36. The van der Waals surface area contributed by atoms with Crippen molar-refractivity contribution < 1.29 is 4.79 Å². The third-order valence-corrected chi connectivity index (χ3v) is 5.25. The number of nitrogens with zero attached hydrogens (tertiary/aromatic N) is 2. The Bertz CT molecular complexity index is 487. The molecule has 0 aromatic heterocycles. The summed E-state index contributed by atoms with van der Waals surface area (Å²) in [6.45, 7) is 4.02. The third kappa shape index (κ3) is 5.54. The Kier molecular flexibility index (Phi) is 7.44. The van der Waals surface area contributed by atoms with E-state index in [2.05, 4.69) is 55.1 Å². The molecule has 1 aromatic carbocycles. The van der Waals surface area contributed by atoms with Gasteiger partial charge in [-0.15, -0.1) is 0 Å². The molecule has 128 valence electrons. The average Bonchev–Trinajstić information content (AvgIpc) is 2.55. The average molecular weight is 335 g/mol. The fourth-order valence-electron chi connectivity index (χ4n) is 3.23. The van der Waals surface area contributed by atoms with Crippen LogP contribution in [0.15, 0.2) is 24.3 Å². The quantitative estimate of drug-likeness (QED) is 0.706. The Morgan fingerprint density at radius 3 is 2.65 bits per heavy atom. The Balaban J connectivity index is 2.03. The second-order valence-electron chi connectivity index (χ2n) is 6.53. The monoisotopic (exact) mass is 334 g/mol. The SMILES string of the molecule is CCSCCC(=O)N1CCCCC1c1ccc(CN(C)C)cc1. The topological polar surface area (TPSA) is 23.6 Å². The molecule has 1 aromatic rings. The molecule has 1 fully saturated rings. The molecule has 0 bridgehead atoms. The van der Waals surface area contributed by atoms with E-state index in [9.17, 15) is 4.79 Å². The Labute approximate surface area is 145 Å². The molecule has 4 heteroatoms. The molecule has 2 rings (SSSR count). The minimum absolute atomic E-state index is 0.274. The van der Waals surface area contributed by atoms with Crippen LogP contribution >= 0.6 is 11.8 Å². The molecule has 0 radical (unpaired) electrons. The Morgan fingerprint density at radius 2 is 2.00 bits per heavy atom. The Morgan fingerprint density at radius 1 is 1.26 bits per heavy atom. The van der Waals surface area contributed by atoms with Crippen LogP contribution < -0.4 is 0 Å².